The zero-order chi connectivity index (χ0) is 8.69. The van der Waals surface area contributed by atoms with E-state index in [2.05, 4.69) is 10.9 Å². The normalized spacial score (nSPS) is 10.2. The van der Waals surface area contributed by atoms with E-state index in [0.29, 0.717) is 13.0 Å². The SMILES string of the molecule is CNNC(=O)CCOC(C)C. The third kappa shape index (κ3) is 7.29. The van der Waals surface area contributed by atoms with Crippen LogP contribution in [-0.2, 0) is 9.53 Å². The molecule has 0 fully saturated rings. The number of hydrogen-bond donors (Lipinski definition) is 2. The molecular formula is C7H16N2O2. The van der Waals surface area contributed by atoms with Gasteiger partial charge in [-0.2, -0.15) is 0 Å². The lowest BCUT2D eigenvalue weighted by atomic mass is 10.4. The molecule has 0 bridgehead atoms. The van der Waals surface area contributed by atoms with Gasteiger partial charge in [0.15, 0.2) is 0 Å². The maximum atomic E-state index is 10.8. The van der Waals surface area contributed by atoms with Gasteiger partial charge < -0.3 is 4.74 Å². The average Bonchev–Trinajstić information content (AvgIpc) is 1.87. The Balaban J connectivity index is 3.17. The quantitative estimate of drug-likeness (QED) is 0.559. The van der Waals surface area contributed by atoms with Gasteiger partial charge in [-0.15, -0.1) is 0 Å². The molecule has 0 rings (SSSR count). The monoisotopic (exact) mass is 160 g/mol. The summed E-state index contributed by atoms with van der Waals surface area (Å²) in [6, 6.07) is 0. The van der Waals surface area contributed by atoms with Gasteiger partial charge in [0.25, 0.3) is 0 Å². The molecule has 66 valence electrons. The van der Waals surface area contributed by atoms with Gasteiger partial charge in [0, 0.05) is 7.05 Å². The van der Waals surface area contributed by atoms with Gasteiger partial charge >= 0.3 is 0 Å². The topological polar surface area (TPSA) is 50.4 Å². The first kappa shape index (κ1) is 10.4. The van der Waals surface area contributed by atoms with Crippen molar-refractivity contribution in [2.24, 2.45) is 0 Å². The van der Waals surface area contributed by atoms with Crippen LogP contribution in [-0.4, -0.2) is 25.7 Å². The van der Waals surface area contributed by atoms with Gasteiger partial charge in [0.05, 0.1) is 19.1 Å². The molecule has 0 aliphatic heterocycles. The van der Waals surface area contributed by atoms with Gasteiger partial charge in [-0.1, -0.05) is 0 Å². The highest BCUT2D eigenvalue weighted by Gasteiger charge is 1.99. The summed E-state index contributed by atoms with van der Waals surface area (Å²) >= 11 is 0. The van der Waals surface area contributed by atoms with E-state index in [1.54, 1.807) is 7.05 Å². The fourth-order valence-corrected chi connectivity index (χ4v) is 0.589. The summed E-state index contributed by atoms with van der Waals surface area (Å²) < 4.78 is 5.17. The molecule has 0 aliphatic carbocycles. The Labute approximate surface area is 67.3 Å². The zero-order valence-electron chi connectivity index (χ0n) is 7.31. The van der Waals surface area contributed by atoms with Crippen LogP contribution in [0, 0.1) is 0 Å². The minimum absolute atomic E-state index is 0.0480. The van der Waals surface area contributed by atoms with E-state index in [-0.39, 0.29) is 12.0 Å². The fraction of sp³-hybridized carbons (Fsp3) is 0.857. The van der Waals surface area contributed by atoms with E-state index >= 15 is 0 Å². The lowest BCUT2D eigenvalue weighted by Crippen LogP contribution is -2.34. The van der Waals surface area contributed by atoms with Crippen molar-refractivity contribution in [3.8, 4) is 0 Å². The van der Waals surface area contributed by atoms with Crippen LogP contribution in [0.3, 0.4) is 0 Å². The maximum Gasteiger partial charge on any atom is 0.236 e. The Morgan fingerprint density at radius 2 is 2.18 bits per heavy atom. The summed E-state index contributed by atoms with van der Waals surface area (Å²) in [5.41, 5.74) is 5.00. The Kier molecular flexibility index (Phi) is 5.78. The second kappa shape index (κ2) is 6.12. The zero-order valence-corrected chi connectivity index (χ0v) is 7.31. The van der Waals surface area contributed by atoms with Crippen LogP contribution in [0.15, 0.2) is 0 Å². The summed E-state index contributed by atoms with van der Waals surface area (Å²) in [7, 11) is 1.65. The first-order chi connectivity index (χ1) is 5.16. The largest absolute Gasteiger partial charge is 0.378 e. The van der Waals surface area contributed by atoms with Crippen LogP contribution in [0.5, 0.6) is 0 Å². The Hall–Kier alpha value is -0.610. The molecule has 0 unspecified atom stereocenters. The van der Waals surface area contributed by atoms with Crippen LogP contribution >= 0.6 is 0 Å². The van der Waals surface area contributed by atoms with Crippen molar-refractivity contribution in [3.63, 3.8) is 0 Å². The number of hydrogen-bond acceptors (Lipinski definition) is 3. The van der Waals surface area contributed by atoms with Crippen molar-refractivity contribution >= 4 is 5.91 Å². The highest BCUT2D eigenvalue weighted by Crippen LogP contribution is 1.89. The van der Waals surface area contributed by atoms with E-state index in [4.69, 9.17) is 4.74 Å². The Morgan fingerprint density at radius 3 is 2.64 bits per heavy atom. The highest BCUT2D eigenvalue weighted by molar-refractivity contribution is 5.75. The molecule has 0 aliphatic rings. The number of carbonyl (C=O) groups excluding carboxylic acids is 1. The van der Waals surface area contributed by atoms with Crippen molar-refractivity contribution in [1.29, 1.82) is 0 Å². The summed E-state index contributed by atoms with van der Waals surface area (Å²) in [4.78, 5) is 10.8. The second-order valence-corrected chi connectivity index (χ2v) is 2.47. The van der Waals surface area contributed by atoms with Crippen LogP contribution in [0.25, 0.3) is 0 Å². The fourth-order valence-electron chi connectivity index (χ4n) is 0.589. The summed E-state index contributed by atoms with van der Waals surface area (Å²) in [5, 5.41) is 0. The molecule has 0 saturated carbocycles. The van der Waals surface area contributed by atoms with Crippen molar-refractivity contribution in [2.45, 2.75) is 26.4 Å². The number of ether oxygens (including phenoxy) is 1. The minimum Gasteiger partial charge on any atom is -0.378 e. The first-order valence-electron chi connectivity index (χ1n) is 3.74. The van der Waals surface area contributed by atoms with Gasteiger partial charge in [0.2, 0.25) is 5.91 Å². The molecule has 0 saturated heterocycles. The standard InChI is InChI=1S/C7H16N2O2/c1-6(2)11-5-4-7(10)9-8-3/h6,8H,4-5H2,1-3H3,(H,9,10). The minimum atomic E-state index is -0.0480. The molecule has 4 heteroatoms. The van der Waals surface area contributed by atoms with Crippen LogP contribution in [0.4, 0.5) is 0 Å². The van der Waals surface area contributed by atoms with Crippen molar-refractivity contribution in [3.05, 3.63) is 0 Å². The van der Waals surface area contributed by atoms with Crippen molar-refractivity contribution in [1.82, 2.24) is 10.9 Å². The molecule has 1 amide bonds. The third-order valence-corrected chi connectivity index (χ3v) is 1.04. The third-order valence-electron chi connectivity index (χ3n) is 1.04. The summed E-state index contributed by atoms with van der Waals surface area (Å²) in [6.45, 7) is 4.36. The van der Waals surface area contributed by atoms with Crippen molar-refractivity contribution < 1.29 is 9.53 Å². The molecule has 0 radical (unpaired) electrons. The van der Waals surface area contributed by atoms with Gasteiger partial charge in [-0.3, -0.25) is 10.2 Å². The number of nitrogens with one attached hydrogen (secondary N) is 2. The number of hydrazine groups is 1. The van der Waals surface area contributed by atoms with Crippen molar-refractivity contribution in [2.75, 3.05) is 13.7 Å². The first-order valence-corrected chi connectivity index (χ1v) is 3.74. The smallest absolute Gasteiger partial charge is 0.236 e. The molecule has 0 aromatic rings. The molecular weight excluding hydrogens is 144 g/mol. The second-order valence-electron chi connectivity index (χ2n) is 2.47. The molecule has 0 spiro atoms. The molecule has 0 heterocycles. The number of carbonyl (C=O) groups is 1. The van der Waals surface area contributed by atoms with E-state index in [1.165, 1.54) is 0 Å². The maximum absolute atomic E-state index is 10.8. The lowest BCUT2D eigenvalue weighted by Gasteiger charge is -2.06. The van der Waals surface area contributed by atoms with E-state index in [0.717, 1.165) is 0 Å². The van der Waals surface area contributed by atoms with Gasteiger partial charge in [-0.05, 0) is 13.8 Å². The molecule has 11 heavy (non-hydrogen) atoms. The molecule has 0 aromatic heterocycles. The van der Waals surface area contributed by atoms with Crippen LogP contribution in [0.2, 0.25) is 0 Å². The highest BCUT2D eigenvalue weighted by atomic mass is 16.5. The molecule has 0 aromatic carbocycles. The number of rotatable bonds is 5. The average molecular weight is 160 g/mol. The van der Waals surface area contributed by atoms with E-state index in [9.17, 15) is 4.79 Å². The van der Waals surface area contributed by atoms with Gasteiger partial charge in [0.1, 0.15) is 0 Å². The predicted molar refractivity (Wildman–Crippen MR) is 42.9 cm³/mol. The van der Waals surface area contributed by atoms with Crippen LogP contribution in [0.1, 0.15) is 20.3 Å². The summed E-state index contributed by atoms with van der Waals surface area (Å²) in [6.07, 6.45) is 0.594. The van der Waals surface area contributed by atoms with Gasteiger partial charge in [-0.25, -0.2) is 5.43 Å². The van der Waals surface area contributed by atoms with E-state index in [1.807, 2.05) is 13.8 Å². The van der Waals surface area contributed by atoms with E-state index < -0.39 is 0 Å². The Bertz CT molecular complexity index is 115. The van der Waals surface area contributed by atoms with Crippen LogP contribution < -0.4 is 10.9 Å². The predicted octanol–water partition coefficient (Wildman–Crippen LogP) is 0.0521. The molecule has 2 N–H and O–H groups in total. The molecule has 0 atom stereocenters. The number of amides is 1. The summed E-state index contributed by atoms with van der Waals surface area (Å²) in [5.74, 6) is -0.0480. The molecule has 4 nitrogen and oxygen atoms in total. The Morgan fingerprint density at radius 1 is 1.55 bits per heavy atom. The lowest BCUT2D eigenvalue weighted by molar-refractivity contribution is -0.123.